The molecule has 1 amide bonds. The zero-order valence-corrected chi connectivity index (χ0v) is 16.4. The first kappa shape index (κ1) is 19.9. The van der Waals surface area contributed by atoms with Crippen LogP contribution in [0.25, 0.3) is 17.0 Å². The van der Waals surface area contributed by atoms with Crippen LogP contribution in [0.5, 0.6) is 0 Å². The second-order valence-electron chi connectivity index (χ2n) is 7.28. The van der Waals surface area contributed by atoms with Gasteiger partial charge in [0.05, 0.1) is 5.69 Å². The van der Waals surface area contributed by atoms with Gasteiger partial charge in [0.1, 0.15) is 0 Å². The average molecular weight is 412 g/mol. The van der Waals surface area contributed by atoms with Crippen LogP contribution >= 0.6 is 0 Å². The van der Waals surface area contributed by atoms with Gasteiger partial charge < -0.3 is 5.32 Å². The number of alkyl halides is 3. The standard InChI is InChI=1S/C22H19F3N4O/c1-13-10-26-21-28-19(12-29(21)11-13)15-8-7-14(2)18(9-15)27-20(30)16-5-3-4-6-17(16)22(23,24)25/h3,5,7-12H,4,6H2,1-2H3,(H,27,30). The Labute approximate surface area is 171 Å². The molecule has 0 unspecified atom stereocenters. The van der Waals surface area contributed by atoms with E-state index in [1.54, 1.807) is 35.7 Å². The van der Waals surface area contributed by atoms with Crippen molar-refractivity contribution in [3.05, 3.63) is 71.2 Å². The lowest BCUT2D eigenvalue weighted by atomic mass is 9.96. The zero-order chi connectivity index (χ0) is 21.5. The molecular weight excluding hydrogens is 393 g/mol. The fourth-order valence-electron chi connectivity index (χ4n) is 3.40. The van der Waals surface area contributed by atoms with Crippen molar-refractivity contribution < 1.29 is 18.0 Å². The van der Waals surface area contributed by atoms with Crippen LogP contribution in [-0.2, 0) is 4.79 Å². The lowest BCUT2D eigenvalue weighted by Gasteiger charge is -2.19. The smallest absolute Gasteiger partial charge is 0.322 e. The molecule has 5 nitrogen and oxygen atoms in total. The van der Waals surface area contributed by atoms with E-state index in [-0.39, 0.29) is 18.4 Å². The van der Waals surface area contributed by atoms with E-state index < -0.39 is 17.7 Å². The number of anilines is 1. The molecule has 1 aromatic carbocycles. The van der Waals surface area contributed by atoms with Crippen molar-refractivity contribution in [2.24, 2.45) is 0 Å². The van der Waals surface area contributed by atoms with Crippen LogP contribution in [0.3, 0.4) is 0 Å². The normalized spacial score (nSPS) is 14.4. The summed E-state index contributed by atoms with van der Waals surface area (Å²) in [6, 6.07) is 5.35. The molecule has 0 bridgehead atoms. The number of fused-ring (bicyclic) bond motifs is 1. The van der Waals surface area contributed by atoms with Crippen LogP contribution in [0, 0.1) is 13.8 Å². The van der Waals surface area contributed by atoms with Crippen molar-refractivity contribution in [1.29, 1.82) is 0 Å². The highest BCUT2D eigenvalue weighted by atomic mass is 19.4. The third kappa shape index (κ3) is 3.85. The molecule has 2 aromatic heterocycles. The van der Waals surface area contributed by atoms with E-state index in [0.717, 1.165) is 16.7 Å². The molecule has 0 spiro atoms. The van der Waals surface area contributed by atoms with Crippen molar-refractivity contribution in [3.8, 4) is 11.3 Å². The number of aromatic nitrogens is 3. The zero-order valence-electron chi connectivity index (χ0n) is 16.4. The maximum atomic E-state index is 13.3. The Morgan fingerprint density at radius 1 is 1.20 bits per heavy atom. The summed E-state index contributed by atoms with van der Waals surface area (Å²) in [6.07, 6.45) is 3.80. The summed E-state index contributed by atoms with van der Waals surface area (Å²) in [7, 11) is 0. The molecule has 3 aromatic rings. The number of rotatable bonds is 3. The second kappa shape index (κ2) is 7.44. The predicted octanol–water partition coefficient (Wildman–Crippen LogP) is 5.16. The molecule has 0 fully saturated rings. The van der Waals surface area contributed by atoms with Gasteiger partial charge in [0, 0.05) is 41.0 Å². The number of halogens is 3. The van der Waals surface area contributed by atoms with Crippen LogP contribution in [0.1, 0.15) is 24.0 Å². The third-order valence-corrected chi connectivity index (χ3v) is 4.98. The molecule has 2 heterocycles. The molecule has 154 valence electrons. The van der Waals surface area contributed by atoms with Gasteiger partial charge in [-0.15, -0.1) is 0 Å². The number of allylic oxidation sites excluding steroid dienone is 2. The molecule has 1 aliphatic rings. The van der Waals surface area contributed by atoms with E-state index in [1.165, 1.54) is 6.08 Å². The maximum absolute atomic E-state index is 13.3. The highest BCUT2D eigenvalue weighted by Gasteiger charge is 2.37. The Morgan fingerprint density at radius 3 is 2.77 bits per heavy atom. The first-order valence-electron chi connectivity index (χ1n) is 9.43. The number of nitrogens with zero attached hydrogens (tertiary/aromatic N) is 3. The minimum atomic E-state index is -4.53. The number of hydrogen-bond donors (Lipinski definition) is 1. The molecule has 0 aliphatic heterocycles. The first-order valence-corrected chi connectivity index (χ1v) is 9.43. The van der Waals surface area contributed by atoms with Crippen molar-refractivity contribution in [3.63, 3.8) is 0 Å². The Balaban J connectivity index is 1.67. The van der Waals surface area contributed by atoms with Crippen LogP contribution < -0.4 is 5.32 Å². The van der Waals surface area contributed by atoms with Crippen LogP contribution in [0.4, 0.5) is 18.9 Å². The highest BCUT2D eigenvalue weighted by Crippen LogP contribution is 2.35. The van der Waals surface area contributed by atoms with Crippen molar-refractivity contribution in [2.75, 3.05) is 5.32 Å². The van der Waals surface area contributed by atoms with Crippen LogP contribution in [0.2, 0.25) is 0 Å². The minimum Gasteiger partial charge on any atom is -0.322 e. The van der Waals surface area contributed by atoms with Gasteiger partial charge >= 0.3 is 6.18 Å². The average Bonchev–Trinajstić information content (AvgIpc) is 3.12. The van der Waals surface area contributed by atoms with E-state index >= 15 is 0 Å². The lowest BCUT2D eigenvalue weighted by Crippen LogP contribution is -2.23. The van der Waals surface area contributed by atoms with E-state index in [2.05, 4.69) is 15.3 Å². The van der Waals surface area contributed by atoms with Crippen molar-refractivity contribution in [1.82, 2.24) is 14.4 Å². The predicted molar refractivity (Wildman–Crippen MR) is 108 cm³/mol. The number of aryl methyl sites for hydroxylation is 2. The number of carbonyl (C=O) groups is 1. The SMILES string of the molecule is Cc1cnc2nc(-c3ccc(C)c(NC(=O)C4=C(C(F)(F)F)CCC=C4)c3)cn2c1. The molecule has 1 aliphatic carbocycles. The molecule has 8 heteroatoms. The van der Waals surface area contributed by atoms with Gasteiger partial charge in [-0.3, -0.25) is 9.20 Å². The summed E-state index contributed by atoms with van der Waals surface area (Å²) >= 11 is 0. The molecule has 0 saturated carbocycles. The largest absolute Gasteiger partial charge is 0.413 e. The van der Waals surface area contributed by atoms with Gasteiger partial charge in [0.2, 0.25) is 5.78 Å². The summed E-state index contributed by atoms with van der Waals surface area (Å²) in [6.45, 7) is 3.71. The van der Waals surface area contributed by atoms with Crippen molar-refractivity contribution in [2.45, 2.75) is 32.9 Å². The summed E-state index contributed by atoms with van der Waals surface area (Å²) < 4.78 is 41.7. The number of imidazole rings is 1. The molecule has 0 atom stereocenters. The minimum absolute atomic E-state index is 0.199. The molecule has 4 rings (SSSR count). The number of nitrogens with one attached hydrogen (secondary N) is 1. The van der Waals surface area contributed by atoms with Crippen LogP contribution in [-0.4, -0.2) is 26.5 Å². The number of amides is 1. The molecule has 0 radical (unpaired) electrons. The van der Waals surface area contributed by atoms with Crippen molar-refractivity contribution >= 4 is 17.4 Å². The van der Waals surface area contributed by atoms with E-state index in [1.807, 2.05) is 25.4 Å². The summed E-state index contributed by atoms with van der Waals surface area (Å²) in [5.41, 5.74) is 2.40. The Bertz CT molecular complexity index is 1200. The van der Waals surface area contributed by atoms with Gasteiger partial charge in [-0.25, -0.2) is 9.97 Å². The highest BCUT2D eigenvalue weighted by molar-refractivity contribution is 6.07. The molecular formula is C22H19F3N4O. The maximum Gasteiger partial charge on any atom is 0.413 e. The van der Waals surface area contributed by atoms with Gasteiger partial charge in [-0.2, -0.15) is 13.2 Å². The van der Waals surface area contributed by atoms with Gasteiger partial charge in [-0.1, -0.05) is 24.3 Å². The Hall–Kier alpha value is -3.42. The molecule has 0 saturated heterocycles. The number of carbonyl (C=O) groups excluding carboxylic acids is 1. The third-order valence-electron chi connectivity index (χ3n) is 4.98. The van der Waals surface area contributed by atoms with Gasteiger partial charge in [0.25, 0.3) is 5.91 Å². The van der Waals surface area contributed by atoms with Gasteiger partial charge in [-0.05, 0) is 43.9 Å². The summed E-state index contributed by atoms with van der Waals surface area (Å²) in [5.74, 6) is -0.236. The Morgan fingerprint density at radius 2 is 2.00 bits per heavy atom. The first-order chi connectivity index (χ1) is 14.2. The van der Waals surface area contributed by atoms with E-state index in [0.29, 0.717) is 17.2 Å². The fourth-order valence-corrected chi connectivity index (χ4v) is 3.40. The fraction of sp³-hybridized carbons (Fsp3) is 0.227. The number of hydrogen-bond acceptors (Lipinski definition) is 3. The van der Waals surface area contributed by atoms with E-state index in [9.17, 15) is 18.0 Å². The monoisotopic (exact) mass is 412 g/mol. The van der Waals surface area contributed by atoms with E-state index in [4.69, 9.17) is 0 Å². The van der Waals surface area contributed by atoms with Gasteiger partial charge in [0.15, 0.2) is 0 Å². The molecule has 1 N–H and O–H groups in total. The van der Waals surface area contributed by atoms with Crippen LogP contribution in [0.15, 0.2) is 60.1 Å². The topological polar surface area (TPSA) is 59.3 Å². The summed E-state index contributed by atoms with van der Waals surface area (Å²) in [5, 5.41) is 2.64. The summed E-state index contributed by atoms with van der Waals surface area (Å²) in [4.78, 5) is 21.4. The Kier molecular flexibility index (Phi) is 4.93. The lowest BCUT2D eigenvalue weighted by molar-refractivity contribution is -0.115. The number of benzene rings is 1. The quantitative estimate of drug-likeness (QED) is 0.646. The second-order valence-corrected chi connectivity index (χ2v) is 7.28. The molecule has 30 heavy (non-hydrogen) atoms.